The average Bonchev–Trinajstić information content (AvgIpc) is 3.19. The van der Waals surface area contributed by atoms with Gasteiger partial charge in [-0.3, -0.25) is 14.9 Å². The van der Waals surface area contributed by atoms with E-state index in [1.165, 1.54) is 18.9 Å². The quantitative estimate of drug-likeness (QED) is 0.636. The summed E-state index contributed by atoms with van der Waals surface area (Å²) in [7, 11) is 1.49. The molecule has 1 aromatic rings. The standard InChI is InChI=1S/C13H13F3N2O3/c1-7-10(12(19)17(2)9-3-4-9)5-8(13(14,15)16)6-11(7)18(20)21/h5-6,9H,3-4H2,1-2H3. The van der Waals surface area contributed by atoms with Crippen molar-refractivity contribution in [2.24, 2.45) is 0 Å². The van der Waals surface area contributed by atoms with Gasteiger partial charge in [0.15, 0.2) is 0 Å². The molecule has 114 valence electrons. The van der Waals surface area contributed by atoms with Crippen molar-refractivity contribution in [3.05, 3.63) is 38.9 Å². The van der Waals surface area contributed by atoms with E-state index in [4.69, 9.17) is 0 Å². The Morgan fingerprint density at radius 2 is 1.95 bits per heavy atom. The van der Waals surface area contributed by atoms with Crippen molar-refractivity contribution in [1.82, 2.24) is 4.90 Å². The number of hydrogen-bond acceptors (Lipinski definition) is 3. The highest BCUT2D eigenvalue weighted by molar-refractivity contribution is 5.97. The molecule has 0 saturated heterocycles. The Balaban J connectivity index is 2.55. The molecule has 2 rings (SSSR count). The molecule has 0 aromatic heterocycles. The van der Waals surface area contributed by atoms with Crippen LogP contribution in [0.4, 0.5) is 18.9 Å². The van der Waals surface area contributed by atoms with E-state index in [1.807, 2.05) is 0 Å². The van der Waals surface area contributed by atoms with Crippen LogP contribution in [0.1, 0.15) is 34.3 Å². The van der Waals surface area contributed by atoms with E-state index >= 15 is 0 Å². The van der Waals surface area contributed by atoms with Gasteiger partial charge in [-0.2, -0.15) is 13.2 Å². The second-order valence-corrected chi connectivity index (χ2v) is 5.07. The SMILES string of the molecule is Cc1c(C(=O)N(C)C2CC2)cc(C(F)(F)F)cc1[N+](=O)[O-]. The lowest BCUT2D eigenvalue weighted by Crippen LogP contribution is -2.29. The maximum atomic E-state index is 12.8. The van der Waals surface area contributed by atoms with Gasteiger partial charge in [0.2, 0.25) is 0 Å². The molecular weight excluding hydrogens is 289 g/mol. The minimum absolute atomic E-state index is 0.00509. The van der Waals surface area contributed by atoms with Crippen molar-refractivity contribution < 1.29 is 22.9 Å². The number of nitro benzene ring substituents is 1. The fourth-order valence-electron chi connectivity index (χ4n) is 2.09. The van der Waals surface area contributed by atoms with Gasteiger partial charge in [0.25, 0.3) is 11.6 Å². The van der Waals surface area contributed by atoms with Crippen LogP contribution in [0.15, 0.2) is 12.1 Å². The predicted octanol–water partition coefficient (Wildman–Crippen LogP) is 3.16. The minimum atomic E-state index is -4.74. The van der Waals surface area contributed by atoms with Crippen LogP contribution in [0.25, 0.3) is 0 Å². The molecule has 1 saturated carbocycles. The lowest BCUT2D eigenvalue weighted by molar-refractivity contribution is -0.385. The van der Waals surface area contributed by atoms with Gasteiger partial charge in [-0.1, -0.05) is 0 Å². The molecule has 0 radical (unpaired) electrons. The molecule has 8 heteroatoms. The van der Waals surface area contributed by atoms with E-state index in [-0.39, 0.29) is 17.2 Å². The summed E-state index contributed by atoms with van der Waals surface area (Å²) in [6, 6.07) is 1.15. The number of carbonyl (C=O) groups is 1. The third kappa shape index (κ3) is 2.98. The van der Waals surface area contributed by atoms with Gasteiger partial charge < -0.3 is 4.90 Å². The number of amides is 1. The molecule has 0 N–H and O–H groups in total. The predicted molar refractivity (Wildman–Crippen MR) is 68.0 cm³/mol. The van der Waals surface area contributed by atoms with Crippen molar-refractivity contribution in [2.45, 2.75) is 32.0 Å². The zero-order chi connectivity index (χ0) is 15.9. The van der Waals surface area contributed by atoms with Crippen molar-refractivity contribution in [1.29, 1.82) is 0 Å². The molecule has 1 fully saturated rings. The third-order valence-corrected chi connectivity index (χ3v) is 3.55. The number of nitrogens with zero attached hydrogens (tertiary/aromatic N) is 2. The van der Waals surface area contributed by atoms with E-state index < -0.39 is 28.3 Å². The van der Waals surface area contributed by atoms with Gasteiger partial charge in [0, 0.05) is 30.3 Å². The number of benzene rings is 1. The van der Waals surface area contributed by atoms with Crippen LogP contribution < -0.4 is 0 Å². The molecule has 0 aliphatic heterocycles. The van der Waals surface area contributed by atoms with Gasteiger partial charge in [-0.25, -0.2) is 0 Å². The molecule has 5 nitrogen and oxygen atoms in total. The number of hydrogen-bond donors (Lipinski definition) is 0. The fraction of sp³-hybridized carbons (Fsp3) is 0.462. The molecule has 0 bridgehead atoms. The van der Waals surface area contributed by atoms with Crippen LogP contribution >= 0.6 is 0 Å². The number of nitro groups is 1. The topological polar surface area (TPSA) is 63.5 Å². The number of alkyl halides is 3. The van der Waals surface area contributed by atoms with E-state index in [9.17, 15) is 28.1 Å². The Hall–Kier alpha value is -2.12. The molecule has 1 aromatic carbocycles. The average molecular weight is 302 g/mol. The van der Waals surface area contributed by atoms with E-state index in [0.29, 0.717) is 12.1 Å². The van der Waals surface area contributed by atoms with Gasteiger partial charge in [-0.15, -0.1) is 0 Å². The summed E-state index contributed by atoms with van der Waals surface area (Å²) in [6.45, 7) is 1.28. The normalized spacial score (nSPS) is 14.9. The Labute approximate surface area is 118 Å². The molecule has 0 heterocycles. The van der Waals surface area contributed by atoms with E-state index in [1.54, 1.807) is 0 Å². The lowest BCUT2D eigenvalue weighted by atomic mass is 10.0. The summed E-state index contributed by atoms with van der Waals surface area (Å²) in [6.07, 6.45) is -3.16. The highest BCUT2D eigenvalue weighted by Crippen LogP contribution is 2.36. The van der Waals surface area contributed by atoms with Gasteiger partial charge in [-0.05, 0) is 25.8 Å². The molecule has 21 heavy (non-hydrogen) atoms. The minimum Gasteiger partial charge on any atom is -0.339 e. The summed E-state index contributed by atoms with van der Waals surface area (Å²) in [5.41, 5.74) is -2.21. The fourth-order valence-corrected chi connectivity index (χ4v) is 2.09. The van der Waals surface area contributed by atoms with Crippen molar-refractivity contribution in [3.8, 4) is 0 Å². The first-order valence-corrected chi connectivity index (χ1v) is 6.26. The molecule has 0 unspecified atom stereocenters. The molecule has 1 amide bonds. The van der Waals surface area contributed by atoms with Crippen molar-refractivity contribution in [3.63, 3.8) is 0 Å². The number of halogens is 3. The Kier molecular flexibility index (Phi) is 3.65. The van der Waals surface area contributed by atoms with Crippen molar-refractivity contribution in [2.75, 3.05) is 7.05 Å². The molecule has 1 aliphatic carbocycles. The highest BCUT2D eigenvalue weighted by atomic mass is 19.4. The molecule has 0 atom stereocenters. The summed E-state index contributed by atoms with van der Waals surface area (Å²) in [5, 5.41) is 10.9. The largest absolute Gasteiger partial charge is 0.416 e. The van der Waals surface area contributed by atoms with Gasteiger partial charge in [0.05, 0.1) is 10.5 Å². The van der Waals surface area contributed by atoms with Crippen LogP contribution in [0.2, 0.25) is 0 Å². The van der Waals surface area contributed by atoms with Gasteiger partial charge >= 0.3 is 6.18 Å². The maximum absolute atomic E-state index is 12.8. The maximum Gasteiger partial charge on any atom is 0.416 e. The smallest absolute Gasteiger partial charge is 0.339 e. The van der Waals surface area contributed by atoms with E-state index in [0.717, 1.165) is 12.8 Å². The number of rotatable bonds is 3. The lowest BCUT2D eigenvalue weighted by Gasteiger charge is -2.18. The van der Waals surface area contributed by atoms with Crippen LogP contribution in [0.3, 0.4) is 0 Å². The second-order valence-electron chi connectivity index (χ2n) is 5.07. The summed E-state index contributed by atoms with van der Waals surface area (Å²) >= 11 is 0. The monoisotopic (exact) mass is 302 g/mol. The molecular formula is C13H13F3N2O3. The highest BCUT2D eigenvalue weighted by Gasteiger charge is 2.37. The molecule has 0 spiro atoms. The Bertz CT molecular complexity index is 609. The molecule has 1 aliphatic rings. The number of carbonyl (C=O) groups excluding carboxylic acids is 1. The van der Waals surface area contributed by atoms with Crippen LogP contribution in [-0.4, -0.2) is 28.8 Å². The zero-order valence-corrected chi connectivity index (χ0v) is 11.4. The summed E-state index contributed by atoms with van der Waals surface area (Å²) < 4.78 is 38.5. The summed E-state index contributed by atoms with van der Waals surface area (Å²) in [4.78, 5) is 23.6. The van der Waals surface area contributed by atoms with Crippen molar-refractivity contribution >= 4 is 11.6 Å². The van der Waals surface area contributed by atoms with Gasteiger partial charge in [0.1, 0.15) is 0 Å². The van der Waals surface area contributed by atoms with Crippen LogP contribution in [0.5, 0.6) is 0 Å². The van der Waals surface area contributed by atoms with Crippen LogP contribution in [0, 0.1) is 17.0 Å². The zero-order valence-electron chi connectivity index (χ0n) is 11.4. The Morgan fingerprint density at radius 1 is 1.38 bits per heavy atom. The second kappa shape index (κ2) is 5.01. The first-order chi connectivity index (χ1) is 9.62. The first kappa shape index (κ1) is 15.3. The van der Waals surface area contributed by atoms with Crippen LogP contribution in [-0.2, 0) is 6.18 Å². The third-order valence-electron chi connectivity index (χ3n) is 3.55. The Morgan fingerprint density at radius 3 is 2.38 bits per heavy atom. The summed E-state index contributed by atoms with van der Waals surface area (Å²) in [5.74, 6) is -0.621. The van der Waals surface area contributed by atoms with E-state index in [2.05, 4.69) is 0 Å². The first-order valence-electron chi connectivity index (χ1n) is 6.26.